The Morgan fingerprint density at radius 2 is 1.72 bits per heavy atom. The summed E-state index contributed by atoms with van der Waals surface area (Å²) in [6.07, 6.45) is 4.49. The van der Waals surface area contributed by atoms with Crippen LogP contribution < -0.4 is 5.56 Å². The van der Waals surface area contributed by atoms with Crippen molar-refractivity contribution in [2.75, 3.05) is 0 Å². The maximum Gasteiger partial charge on any atom is 0.277 e. The summed E-state index contributed by atoms with van der Waals surface area (Å²) in [5.74, 6) is 0.485. The van der Waals surface area contributed by atoms with E-state index >= 15 is 0 Å². The SMILES string of the molecule is O=C1CCCCCC1Sc1nnc(-c2nn(Cc3ccccc3)c(=O)c3ccccc23)o1. The van der Waals surface area contributed by atoms with E-state index in [2.05, 4.69) is 15.3 Å². The van der Waals surface area contributed by atoms with E-state index in [1.807, 2.05) is 48.5 Å². The van der Waals surface area contributed by atoms with Crippen LogP contribution in [0.25, 0.3) is 22.4 Å². The minimum absolute atomic E-state index is 0.150. The van der Waals surface area contributed by atoms with Crippen molar-refractivity contribution in [2.24, 2.45) is 0 Å². The summed E-state index contributed by atoms with van der Waals surface area (Å²) in [4.78, 5) is 25.4. The molecule has 1 aliphatic carbocycles. The normalized spacial score (nSPS) is 16.9. The van der Waals surface area contributed by atoms with E-state index < -0.39 is 0 Å². The first kappa shape index (κ1) is 20.6. The van der Waals surface area contributed by atoms with Crippen molar-refractivity contribution in [1.82, 2.24) is 20.0 Å². The van der Waals surface area contributed by atoms with Crippen molar-refractivity contribution in [1.29, 1.82) is 0 Å². The van der Waals surface area contributed by atoms with E-state index in [4.69, 9.17) is 4.42 Å². The Labute approximate surface area is 188 Å². The highest BCUT2D eigenvalue weighted by atomic mass is 32.2. The number of fused-ring (bicyclic) bond motifs is 1. The highest BCUT2D eigenvalue weighted by Crippen LogP contribution is 2.32. The third-order valence-corrected chi connectivity index (χ3v) is 6.79. The number of carbonyl (C=O) groups is 1. The second-order valence-electron chi connectivity index (χ2n) is 7.89. The molecule has 7 nitrogen and oxygen atoms in total. The molecule has 0 aliphatic heterocycles. The molecule has 5 rings (SSSR count). The van der Waals surface area contributed by atoms with Crippen LogP contribution in [0.2, 0.25) is 0 Å². The molecule has 162 valence electrons. The van der Waals surface area contributed by atoms with E-state index in [0.29, 0.717) is 34.7 Å². The van der Waals surface area contributed by atoms with Crippen LogP contribution in [-0.2, 0) is 11.3 Å². The Bertz CT molecular complexity index is 1320. The van der Waals surface area contributed by atoms with Crippen LogP contribution in [0.5, 0.6) is 0 Å². The Kier molecular flexibility index (Phi) is 5.85. The molecule has 32 heavy (non-hydrogen) atoms. The fourth-order valence-corrected chi connectivity index (χ4v) is 4.98. The zero-order chi connectivity index (χ0) is 21.9. The van der Waals surface area contributed by atoms with Gasteiger partial charge in [0.25, 0.3) is 16.7 Å². The number of hydrogen-bond acceptors (Lipinski definition) is 7. The minimum atomic E-state index is -0.175. The lowest BCUT2D eigenvalue weighted by Crippen LogP contribution is -2.24. The van der Waals surface area contributed by atoms with Crippen LogP contribution in [0.1, 0.15) is 37.7 Å². The lowest BCUT2D eigenvalue weighted by molar-refractivity contribution is -0.118. The highest BCUT2D eigenvalue weighted by molar-refractivity contribution is 8.00. The van der Waals surface area contributed by atoms with Gasteiger partial charge in [-0.15, -0.1) is 10.2 Å². The largest absolute Gasteiger partial charge is 0.409 e. The van der Waals surface area contributed by atoms with Crippen LogP contribution in [0.15, 0.2) is 69.0 Å². The lowest BCUT2D eigenvalue weighted by Gasteiger charge is -2.10. The average Bonchev–Trinajstić information content (AvgIpc) is 3.19. The fourth-order valence-electron chi connectivity index (χ4n) is 3.98. The number of carbonyl (C=O) groups excluding carboxylic acids is 1. The topological polar surface area (TPSA) is 90.9 Å². The molecule has 0 bridgehead atoms. The van der Waals surface area contributed by atoms with Gasteiger partial charge in [0.2, 0.25) is 0 Å². The summed E-state index contributed by atoms with van der Waals surface area (Å²) in [5.41, 5.74) is 1.26. The molecule has 1 aliphatic rings. The number of Topliss-reactive ketones (excluding diaryl/α,β-unsaturated/α-hetero) is 1. The molecule has 0 spiro atoms. The molecule has 0 amide bonds. The summed E-state index contributed by atoms with van der Waals surface area (Å²) in [7, 11) is 0. The Morgan fingerprint density at radius 3 is 2.56 bits per heavy atom. The Hall–Kier alpha value is -3.26. The number of benzene rings is 2. The number of hydrogen-bond donors (Lipinski definition) is 0. The molecule has 1 saturated carbocycles. The molecule has 2 heterocycles. The average molecular weight is 447 g/mol. The Morgan fingerprint density at radius 1 is 0.938 bits per heavy atom. The van der Waals surface area contributed by atoms with Gasteiger partial charge in [0.1, 0.15) is 5.78 Å². The third kappa shape index (κ3) is 4.23. The number of ketones is 1. The van der Waals surface area contributed by atoms with Crippen molar-refractivity contribution in [2.45, 2.75) is 49.1 Å². The van der Waals surface area contributed by atoms with Crippen LogP contribution in [-0.4, -0.2) is 31.0 Å². The van der Waals surface area contributed by atoms with Crippen molar-refractivity contribution in [3.63, 3.8) is 0 Å². The molecule has 2 aromatic carbocycles. The van der Waals surface area contributed by atoms with Gasteiger partial charge in [-0.2, -0.15) is 5.10 Å². The van der Waals surface area contributed by atoms with Gasteiger partial charge >= 0.3 is 0 Å². The number of thioether (sulfide) groups is 1. The standard InChI is InChI=1S/C24H22N4O3S/c29-19-13-5-2-6-14-20(19)32-24-26-25-22(31-24)21-17-11-7-8-12-18(17)23(30)28(27-21)15-16-9-3-1-4-10-16/h1,3-4,7-12,20H,2,5-6,13-15H2. The summed E-state index contributed by atoms with van der Waals surface area (Å²) < 4.78 is 7.35. The number of aromatic nitrogens is 4. The maximum atomic E-state index is 13.0. The molecule has 0 N–H and O–H groups in total. The van der Waals surface area contributed by atoms with Gasteiger partial charge in [-0.05, 0) is 24.5 Å². The van der Waals surface area contributed by atoms with Crippen LogP contribution in [0.3, 0.4) is 0 Å². The van der Waals surface area contributed by atoms with E-state index in [0.717, 1.165) is 31.2 Å². The van der Waals surface area contributed by atoms with Crippen molar-refractivity contribution >= 4 is 28.3 Å². The smallest absolute Gasteiger partial charge is 0.277 e. The first-order chi connectivity index (χ1) is 15.7. The van der Waals surface area contributed by atoms with Crippen molar-refractivity contribution in [3.8, 4) is 11.6 Å². The van der Waals surface area contributed by atoms with Crippen LogP contribution >= 0.6 is 11.8 Å². The van der Waals surface area contributed by atoms with Crippen molar-refractivity contribution in [3.05, 3.63) is 70.5 Å². The highest BCUT2D eigenvalue weighted by Gasteiger charge is 2.25. The molecule has 0 radical (unpaired) electrons. The molecule has 4 aromatic rings. The third-order valence-electron chi connectivity index (χ3n) is 5.64. The first-order valence-electron chi connectivity index (χ1n) is 10.8. The van der Waals surface area contributed by atoms with Crippen LogP contribution in [0, 0.1) is 0 Å². The van der Waals surface area contributed by atoms with Gasteiger partial charge in [0.05, 0.1) is 17.2 Å². The quantitative estimate of drug-likeness (QED) is 0.417. The summed E-state index contributed by atoms with van der Waals surface area (Å²) in [6, 6.07) is 17.0. The monoisotopic (exact) mass is 446 g/mol. The number of nitrogens with zero attached hydrogens (tertiary/aromatic N) is 4. The molecule has 1 atom stereocenters. The van der Waals surface area contributed by atoms with Crippen LogP contribution in [0.4, 0.5) is 0 Å². The second kappa shape index (κ2) is 9.08. The minimum Gasteiger partial charge on any atom is -0.409 e. The van der Waals surface area contributed by atoms with Gasteiger partial charge in [0.15, 0.2) is 5.69 Å². The van der Waals surface area contributed by atoms with Gasteiger partial charge in [-0.25, -0.2) is 4.68 Å². The summed E-state index contributed by atoms with van der Waals surface area (Å²) in [6.45, 7) is 0.337. The summed E-state index contributed by atoms with van der Waals surface area (Å²) in [5, 5.41) is 14.4. The predicted molar refractivity (Wildman–Crippen MR) is 123 cm³/mol. The van der Waals surface area contributed by atoms with Gasteiger partial charge in [-0.3, -0.25) is 9.59 Å². The zero-order valence-corrected chi connectivity index (χ0v) is 18.3. The van der Waals surface area contributed by atoms with Gasteiger partial charge in [0, 0.05) is 11.8 Å². The molecule has 8 heteroatoms. The molecular weight excluding hydrogens is 424 g/mol. The number of rotatable bonds is 5. The van der Waals surface area contributed by atoms with E-state index in [-0.39, 0.29) is 22.5 Å². The zero-order valence-electron chi connectivity index (χ0n) is 17.4. The fraction of sp³-hybridized carbons (Fsp3) is 0.292. The maximum absolute atomic E-state index is 13.0. The molecule has 1 fully saturated rings. The molecule has 0 saturated heterocycles. The van der Waals surface area contributed by atoms with Crippen molar-refractivity contribution < 1.29 is 9.21 Å². The molecular formula is C24H22N4O3S. The summed E-state index contributed by atoms with van der Waals surface area (Å²) >= 11 is 1.33. The second-order valence-corrected chi connectivity index (χ2v) is 9.04. The molecule has 1 unspecified atom stereocenters. The van der Waals surface area contributed by atoms with E-state index in [1.165, 1.54) is 16.4 Å². The predicted octanol–water partition coefficient (Wildman–Crippen LogP) is 4.49. The lowest BCUT2D eigenvalue weighted by atomic mass is 10.1. The Balaban J connectivity index is 1.52. The first-order valence-corrected chi connectivity index (χ1v) is 11.6. The van der Waals surface area contributed by atoms with E-state index in [9.17, 15) is 9.59 Å². The van der Waals surface area contributed by atoms with E-state index in [1.54, 1.807) is 6.07 Å². The van der Waals surface area contributed by atoms with Gasteiger partial charge in [-0.1, -0.05) is 73.1 Å². The van der Waals surface area contributed by atoms with Gasteiger partial charge < -0.3 is 4.42 Å². The molecule has 2 aromatic heterocycles.